The summed E-state index contributed by atoms with van der Waals surface area (Å²) in [7, 11) is -2.85. The van der Waals surface area contributed by atoms with E-state index in [0.29, 0.717) is 10.6 Å². The summed E-state index contributed by atoms with van der Waals surface area (Å²) in [4.78, 5) is 12.1. The van der Waals surface area contributed by atoms with Crippen molar-refractivity contribution in [2.24, 2.45) is 0 Å². The molecule has 0 bridgehead atoms. The van der Waals surface area contributed by atoms with Crippen molar-refractivity contribution in [2.75, 3.05) is 26.2 Å². The van der Waals surface area contributed by atoms with Crippen LogP contribution in [-0.2, 0) is 4.57 Å². The van der Waals surface area contributed by atoms with Gasteiger partial charge in [0.25, 0.3) is 5.91 Å². The van der Waals surface area contributed by atoms with Crippen LogP contribution in [0.4, 0.5) is 0 Å². The van der Waals surface area contributed by atoms with Crippen LogP contribution in [-0.4, -0.2) is 41.4 Å². The largest absolute Gasteiger partial charge is 0.311 e. The number of hydrogen-bond acceptors (Lipinski definition) is 2. The van der Waals surface area contributed by atoms with Crippen LogP contribution >= 0.6 is 19.2 Å². The Hall–Kier alpha value is -0.870. The number of benzene rings is 1. The third-order valence-corrected chi connectivity index (χ3v) is 6.01. The summed E-state index contributed by atoms with van der Waals surface area (Å²) in [6, 6.07) is 6.64. The first-order chi connectivity index (χ1) is 8.59. The van der Waals surface area contributed by atoms with Gasteiger partial charge in [0.15, 0.2) is 0 Å². The van der Waals surface area contributed by atoms with E-state index in [4.69, 9.17) is 11.6 Å². The van der Waals surface area contributed by atoms with Gasteiger partial charge in [-0.2, -0.15) is 0 Å². The third kappa shape index (κ3) is 2.31. The van der Waals surface area contributed by atoms with Crippen molar-refractivity contribution in [3.63, 3.8) is 0 Å². The summed E-state index contributed by atoms with van der Waals surface area (Å²) in [6.07, 6.45) is 0. The van der Waals surface area contributed by atoms with Crippen LogP contribution in [0.3, 0.4) is 0 Å². The fourth-order valence-corrected chi connectivity index (χ4v) is 4.27. The van der Waals surface area contributed by atoms with Gasteiger partial charge in [-0.3, -0.25) is 14.4 Å². The number of carbonyl (C=O) groups is 1. The zero-order chi connectivity index (χ0) is 12.8. The Bertz CT molecular complexity index is 527. The van der Waals surface area contributed by atoms with E-state index in [0.717, 1.165) is 26.2 Å². The van der Waals surface area contributed by atoms with E-state index in [1.807, 2.05) is 9.34 Å². The highest BCUT2D eigenvalue weighted by Crippen LogP contribution is 2.56. The number of rotatable bonds is 4. The smallest absolute Gasteiger partial charge is 0.279 e. The lowest BCUT2D eigenvalue weighted by atomic mass is 10.2. The maximum Gasteiger partial charge on any atom is 0.311 e. The van der Waals surface area contributed by atoms with Crippen LogP contribution in [0.15, 0.2) is 24.3 Å². The quantitative estimate of drug-likeness (QED) is 0.677. The van der Waals surface area contributed by atoms with Gasteiger partial charge in [0.05, 0.1) is 0 Å². The molecule has 2 fully saturated rings. The van der Waals surface area contributed by atoms with Gasteiger partial charge in [0, 0.05) is 36.8 Å². The zero-order valence-electron chi connectivity index (χ0n) is 9.67. The Labute approximate surface area is 110 Å². The van der Waals surface area contributed by atoms with E-state index in [1.54, 1.807) is 24.3 Å². The van der Waals surface area contributed by atoms with E-state index in [-0.39, 0.29) is 5.91 Å². The maximum absolute atomic E-state index is 12.7. The highest BCUT2D eigenvalue weighted by molar-refractivity contribution is 7.58. The van der Waals surface area contributed by atoms with Gasteiger partial charge in [-0.25, -0.2) is 9.34 Å². The fraction of sp³-hybridized carbons (Fsp3) is 0.364. The third-order valence-electron chi connectivity index (χ3n) is 2.95. The minimum Gasteiger partial charge on any atom is -0.279 e. The second-order valence-corrected chi connectivity index (χ2v) is 7.28. The molecule has 0 spiro atoms. The van der Waals surface area contributed by atoms with Gasteiger partial charge >= 0.3 is 7.59 Å². The van der Waals surface area contributed by atoms with Gasteiger partial charge in [-0.05, 0) is 18.2 Å². The molecule has 2 aliphatic rings. The van der Waals surface area contributed by atoms with Crippen LogP contribution < -0.4 is 5.09 Å². The van der Waals surface area contributed by atoms with Crippen LogP contribution in [0.5, 0.6) is 0 Å². The SMILES string of the molecule is O=C(NP(=O)(N1CC1)N1CC1)c1cccc(Cl)c1. The lowest BCUT2D eigenvalue weighted by molar-refractivity contribution is 0.0977. The molecule has 0 saturated carbocycles. The molecule has 1 aromatic rings. The van der Waals surface area contributed by atoms with Crippen molar-refractivity contribution in [2.45, 2.75) is 0 Å². The van der Waals surface area contributed by atoms with Gasteiger partial charge in [0.1, 0.15) is 0 Å². The summed E-state index contributed by atoms with van der Waals surface area (Å²) in [6.45, 7) is 3.13. The molecule has 1 aromatic carbocycles. The molecule has 3 rings (SSSR count). The Morgan fingerprint density at radius 1 is 1.22 bits per heavy atom. The molecule has 2 saturated heterocycles. The Balaban J connectivity index is 1.79. The molecular formula is C11H13ClN3O2P. The highest BCUT2D eigenvalue weighted by atomic mass is 35.5. The van der Waals surface area contributed by atoms with Crippen molar-refractivity contribution >= 4 is 25.1 Å². The number of hydrogen-bond donors (Lipinski definition) is 1. The zero-order valence-corrected chi connectivity index (χ0v) is 11.3. The van der Waals surface area contributed by atoms with Crippen molar-refractivity contribution in [1.29, 1.82) is 0 Å². The predicted octanol–water partition coefficient (Wildman–Crippen LogP) is 1.81. The van der Waals surface area contributed by atoms with Gasteiger partial charge < -0.3 is 0 Å². The van der Waals surface area contributed by atoms with E-state index in [1.165, 1.54) is 0 Å². The van der Waals surface area contributed by atoms with Gasteiger partial charge in [-0.1, -0.05) is 17.7 Å². The molecule has 96 valence electrons. The molecule has 2 aliphatic heterocycles. The van der Waals surface area contributed by atoms with Crippen LogP contribution in [0, 0.1) is 0 Å². The standard InChI is InChI=1S/C11H13ClN3O2P/c12-10-3-1-2-9(8-10)11(16)13-18(17,14-4-5-14)15-6-7-15/h1-3,8H,4-7H2,(H,13,16,17). The number of nitrogens with zero attached hydrogens (tertiary/aromatic N) is 2. The maximum atomic E-state index is 12.7. The summed E-state index contributed by atoms with van der Waals surface area (Å²) >= 11 is 5.84. The van der Waals surface area contributed by atoms with Crippen LogP contribution in [0.1, 0.15) is 10.4 Å². The Morgan fingerprint density at radius 2 is 1.83 bits per heavy atom. The number of amides is 1. The van der Waals surface area contributed by atoms with Crippen molar-refractivity contribution < 1.29 is 9.36 Å². The minimum absolute atomic E-state index is 0.334. The first-order valence-electron chi connectivity index (χ1n) is 5.79. The molecule has 2 heterocycles. The molecule has 0 radical (unpaired) electrons. The molecule has 0 atom stereocenters. The van der Waals surface area contributed by atoms with Gasteiger partial charge in [-0.15, -0.1) is 0 Å². The van der Waals surface area contributed by atoms with E-state index >= 15 is 0 Å². The lowest BCUT2D eigenvalue weighted by Gasteiger charge is -2.20. The number of nitrogens with one attached hydrogen (secondary N) is 1. The molecule has 0 aliphatic carbocycles. The van der Waals surface area contributed by atoms with Crippen molar-refractivity contribution in [3.8, 4) is 0 Å². The molecule has 0 unspecified atom stereocenters. The summed E-state index contributed by atoms with van der Waals surface area (Å²) < 4.78 is 16.3. The lowest BCUT2D eigenvalue weighted by Crippen LogP contribution is -2.27. The van der Waals surface area contributed by atoms with E-state index in [9.17, 15) is 9.36 Å². The summed E-state index contributed by atoms with van der Waals surface area (Å²) in [5.74, 6) is -0.334. The fourth-order valence-electron chi connectivity index (χ4n) is 1.78. The predicted molar refractivity (Wildman–Crippen MR) is 69.7 cm³/mol. The summed E-state index contributed by atoms with van der Waals surface area (Å²) in [5.41, 5.74) is 0.437. The average Bonchev–Trinajstić information content (AvgIpc) is 3.19. The molecular weight excluding hydrogens is 273 g/mol. The van der Waals surface area contributed by atoms with Crippen molar-refractivity contribution in [3.05, 3.63) is 34.9 Å². The Morgan fingerprint density at radius 3 is 2.33 bits per heavy atom. The molecule has 0 aromatic heterocycles. The second-order valence-electron chi connectivity index (χ2n) is 4.40. The highest BCUT2D eigenvalue weighted by Gasteiger charge is 2.49. The average molecular weight is 286 g/mol. The molecule has 7 heteroatoms. The topological polar surface area (TPSA) is 52.2 Å². The minimum atomic E-state index is -2.85. The van der Waals surface area contributed by atoms with E-state index in [2.05, 4.69) is 5.09 Å². The molecule has 1 N–H and O–H groups in total. The van der Waals surface area contributed by atoms with Crippen LogP contribution in [0.25, 0.3) is 0 Å². The second kappa shape index (κ2) is 4.35. The molecule has 1 amide bonds. The first-order valence-corrected chi connectivity index (χ1v) is 7.78. The summed E-state index contributed by atoms with van der Waals surface area (Å²) in [5, 5.41) is 3.17. The number of carbonyl (C=O) groups excluding carboxylic acids is 1. The monoisotopic (exact) mass is 285 g/mol. The molecule has 18 heavy (non-hydrogen) atoms. The van der Waals surface area contributed by atoms with Crippen molar-refractivity contribution in [1.82, 2.24) is 14.4 Å². The van der Waals surface area contributed by atoms with Gasteiger partial charge in [0.2, 0.25) is 0 Å². The van der Waals surface area contributed by atoms with E-state index < -0.39 is 7.59 Å². The normalized spacial score (nSPS) is 19.6. The molecule has 5 nitrogen and oxygen atoms in total. The first kappa shape index (κ1) is 12.2. The van der Waals surface area contributed by atoms with Crippen LogP contribution in [0.2, 0.25) is 5.02 Å². The number of halogens is 1. The Kier molecular flexibility index (Phi) is 2.94.